The molecule has 1 aromatic heterocycles. The van der Waals surface area contributed by atoms with Crippen LogP contribution in [-0.2, 0) is 6.54 Å². The highest BCUT2D eigenvalue weighted by Crippen LogP contribution is 2.25. The second kappa shape index (κ2) is 7.60. The molecule has 0 amide bonds. The maximum Gasteiger partial charge on any atom is 0.0393 e. The molecule has 0 spiro atoms. The zero-order chi connectivity index (χ0) is 18.6. The number of hydrogen-bond donors (Lipinski definition) is 2. The topological polar surface area (TPSA) is 50.9 Å². The van der Waals surface area contributed by atoms with Gasteiger partial charge in [0.1, 0.15) is 0 Å². The first-order valence-electron chi connectivity index (χ1n) is 9.21. The van der Waals surface area contributed by atoms with E-state index in [9.17, 15) is 0 Å². The quantitative estimate of drug-likeness (QED) is 0.509. The lowest BCUT2D eigenvalue weighted by atomic mass is 10.00. The summed E-state index contributed by atoms with van der Waals surface area (Å²) >= 11 is 0. The predicted molar refractivity (Wildman–Crippen MR) is 113 cm³/mol. The number of pyridine rings is 1. The molecule has 1 heterocycles. The van der Waals surface area contributed by atoms with Crippen LogP contribution in [0.5, 0.6) is 0 Å². The van der Waals surface area contributed by atoms with Gasteiger partial charge in [-0.05, 0) is 46.5 Å². The van der Waals surface area contributed by atoms with Crippen molar-refractivity contribution < 1.29 is 0 Å². The largest absolute Gasteiger partial charge is 0.398 e. The van der Waals surface area contributed by atoms with Crippen molar-refractivity contribution in [2.45, 2.75) is 19.5 Å². The zero-order valence-corrected chi connectivity index (χ0v) is 15.4. The predicted octanol–water partition coefficient (Wildman–Crippen LogP) is 5.33. The summed E-state index contributed by atoms with van der Waals surface area (Å²) < 4.78 is 0. The molecular weight excluding hydrogens is 330 g/mol. The number of fused-ring (bicyclic) bond motifs is 1. The molecule has 1 atom stereocenters. The Morgan fingerprint density at radius 3 is 2.41 bits per heavy atom. The molecule has 27 heavy (non-hydrogen) atoms. The van der Waals surface area contributed by atoms with E-state index in [2.05, 4.69) is 84.0 Å². The maximum atomic E-state index is 6.03. The van der Waals surface area contributed by atoms with Crippen LogP contribution in [0.4, 0.5) is 5.69 Å². The number of nitrogens with zero attached hydrogens (tertiary/aromatic N) is 1. The summed E-state index contributed by atoms with van der Waals surface area (Å²) in [6.07, 6.45) is 3.55. The summed E-state index contributed by atoms with van der Waals surface area (Å²) in [5.41, 5.74) is 11.6. The Balaban J connectivity index is 1.46. The first-order valence-corrected chi connectivity index (χ1v) is 9.21. The fourth-order valence-electron chi connectivity index (χ4n) is 3.34. The van der Waals surface area contributed by atoms with Gasteiger partial charge in [0.25, 0.3) is 0 Å². The SMILES string of the molecule is CC(NCc1ccc(-c2ccc3ccccc3c2)cc1)c1cnccc1N. The van der Waals surface area contributed by atoms with E-state index >= 15 is 0 Å². The van der Waals surface area contributed by atoms with Gasteiger partial charge in [0.2, 0.25) is 0 Å². The lowest BCUT2D eigenvalue weighted by Gasteiger charge is -2.16. The molecule has 0 saturated heterocycles. The molecule has 134 valence electrons. The Hall–Kier alpha value is -3.17. The van der Waals surface area contributed by atoms with Crippen LogP contribution in [0.15, 0.2) is 85.2 Å². The fraction of sp³-hybridized carbons (Fsp3) is 0.125. The van der Waals surface area contributed by atoms with Gasteiger partial charge in [-0.3, -0.25) is 4.98 Å². The molecule has 0 aliphatic carbocycles. The number of nitrogens with one attached hydrogen (secondary N) is 1. The highest BCUT2D eigenvalue weighted by atomic mass is 14.9. The van der Waals surface area contributed by atoms with Gasteiger partial charge in [0.15, 0.2) is 0 Å². The molecular formula is C24H23N3. The van der Waals surface area contributed by atoms with Gasteiger partial charge in [0.05, 0.1) is 0 Å². The molecule has 3 heteroatoms. The van der Waals surface area contributed by atoms with E-state index in [1.807, 2.05) is 12.3 Å². The first-order chi connectivity index (χ1) is 13.2. The van der Waals surface area contributed by atoms with Crippen LogP contribution in [0.25, 0.3) is 21.9 Å². The van der Waals surface area contributed by atoms with Crippen LogP contribution < -0.4 is 11.1 Å². The van der Waals surface area contributed by atoms with Crippen LogP contribution >= 0.6 is 0 Å². The molecule has 0 saturated carbocycles. The Kier molecular flexibility index (Phi) is 4.86. The molecule has 0 radical (unpaired) electrons. The van der Waals surface area contributed by atoms with Crippen LogP contribution in [0, 0.1) is 0 Å². The maximum absolute atomic E-state index is 6.03. The fourth-order valence-corrected chi connectivity index (χ4v) is 3.34. The smallest absolute Gasteiger partial charge is 0.0393 e. The Labute approximate surface area is 159 Å². The third kappa shape index (κ3) is 3.83. The number of benzene rings is 3. The normalized spacial score (nSPS) is 12.2. The number of anilines is 1. The van der Waals surface area contributed by atoms with E-state index < -0.39 is 0 Å². The standard InChI is InChI=1S/C24H23N3/c1-17(23-16-26-13-12-24(23)25)27-15-18-6-8-20(9-7-18)22-11-10-19-4-2-3-5-21(19)14-22/h2-14,16-17,27H,15H2,1H3,(H2,25,26). The first kappa shape index (κ1) is 17.3. The van der Waals surface area contributed by atoms with Crippen molar-refractivity contribution in [1.82, 2.24) is 10.3 Å². The molecule has 0 bridgehead atoms. The van der Waals surface area contributed by atoms with Crippen molar-refractivity contribution >= 4 is 16.5 Å². The van der Waals surface area contributed by atoms with Crippen molar-refractivity contribution in [2.24, 2.45) is 0 Å². The summed E-state index contributed by atoms with van der Waals surface area (Å²) in [7, 11) is 0. The van der Waals surface area contributed by atoms with E-state index in [0.717, 1.165) is 17.8 Å². The molecule has 4 rings (SSSR count). The molecule has 4 aromatic rings. The Bertz CT molecular complexity index is 1050. The van der Waals surface area contributed by atoms with E-state index in [1.54, 1.807) is 6.20 Å². The average Bonchev–Trinajstić information content (AvgIpc) is 2.72. The van der Waals surface area contributed by atoms with E-state index in [1.165, 1.54) is 27.5 Å². The van der Waals surface area contributed by atoms with Gasteiger partial charge in [0, 0.05) is 36.2 Å². The lowest BCUT2D eigenvalue weighted by molar-refractivity contribution is 0.574. The Morgan fingerprint density at radius 1 is 0.889 bits per heavy atom. The van der Waals surface area contributed by atoms with Gasteiger partial charge in [-0.1, -0.05) is 60.7 Å². The van der Waals surface area contributed by atoms with Crippen molar-refractivity contribution in [1.29, 1.82) is 0 Å². The summed E-state index contributed by atoms with van der Waals surface area (Å²) in [5, 5.41) is 6.06. The van der Waals surface area contributed by atoms with Crippen LogP contribution in [0.1, 0.15) is 24.1 Å². The number of nitrogens with two attached hydrogens (primary N) is 1. The monoisotopic (exact) mass is 353 g/mol. The highest BCUT2D eigenvalue weighted by Gasteiger charge is 2.08. The minimum absolute atomic E-state index is 0.152. The second-order valence-corrected chi connectivity index (χ2v) is 6.87. The molecule has 0 aliphatic rings. The zero-order valence-electron chi connectivity index (χ0n) is 15.4. The molecule has 0 aliphatic heterocycles. The number of nitrogen functional groups attached to an aromatic ring is 1. The van der Waals surface area contributed by atoms with Crippen LogP contribution in [0.3, 0.4) is 0 Å². The van der Waals surface area contributed by atoms with Crippen LogP contribution in [0.2, 0.25) is 0 Å². The number of aromatic nitrogens is 1. The van der Waals surface area contributed by atoms with E-state index in [0.29, 0.717) is 0 Å². The molecule has 0 fully saturated rings. The van der Waals surface area contributed by atoms with E-state index in [4.69, 9.17) is 5.73 Å². The van der Waals surface area contributed by atoms with Crippen LogP contribution in [-0.4, -0.2) is 4.98 Å². The summed E-state index contributed by atoms with van der Waals surface area (Å²) in [6.45, 7) is 2.89. The summed E-state index contributed by atoms with van der Waals surface area (Å²) in [6, 6.07) is 25.8. The van der Waals surface area contributed by atoms with Gasteiger partial charge >= 0.3 is 0 Å². The van der Waals surface area contributed by atoms with Gasteiger partial charge < -0.3 is 11.1 Å². The third-order valence-corrected chi connectivity index (χ3v) is 5.00. The average molecular weight is 353 g/mol. The second-order valence-electron chi connectivity index (χ2n) is 6.87. The minimum Gasteiger partial charge on any atom is -0.398 e. The molecule has 1 unspecified atom stereocenters. The van der Waals surface area contributed by atoms with Crippen molar-refractivity contribution in [2.75, 3.05) is 5.73 Å². The number of rotatable bonds is 5. The van der Waals surface area contributed by atoms with Crippen molar-refractivity contribution in [3.8, 4) is 11.1 Å². The summed E-state index contributed by atoms with van der Waals surface area (Å²) in [5.74, 6) is 0. The van der Waals surface area contributed by atoms with Crippen molar-refractivity contribution in [3.63, 3.8) is 0 Å². The van der Waals surface area contributed by atoms with Crippen molar-refractivity contribution in [3.05, 3.63) is 96.3 Å². The Morgan fingerprint density at radius 2 is 1.63 bits per heavy atom. The third-order valence-electron chi connectivity index (χ3n) is 5.00. The lowest BCUT2D eigenvalue weighted by Crippen LogP contribution is -2.19. The molecule has 3 N–H and O–H groups in total. The minimum atomic E-state index is 0.152. The highest BCUT2D eigenvalue weighted by molar-refractivity contribution is 5.87. The van der Waals surface area contributed by atoms with Gasteiger partial charge in [-0.2, -0.15) is 0 Å². The van der Waals surface area contributed by atoms with E-state index in [-0.39, 0.29) is 6.04 Å². The molecule has 3 aromatic carbocycles. The van der Waals surface area contributed by atoms with Gasteiger partial charge in [-0.25, -0.2) is 0 Å². The summed E-state index contributed by atoms with van der Waals surface area (Å²) in [4.78, 5) is 4.17. The van der Waals surface area contributed by atoms with Gasteiger partial charge in [-0.15, -0.1) is 0 Å². The molecule has 3 nitrogen and oxygen atoms in total. The number of hydrogen-bond acceptors (Lipinski definition) is 3.